The second-order valence-electron chi connectivity index (χ2n) is 10.8. The maximum atomic E-state index is 12.2. The largest absolute Gasteiger partial charge is 0.378 e. The highest BCUT2D eigenvalue weighted by Crippen LogP contribution is 2.33. The zero-order valence-electron chi connectivity index (χ0n) is 23.5. The van der Waals surface area contributed by atoms with Crippen LogP contribution in [0.15, 0.2) is 24.3 Å². The number of hydrogen-bond donors (Lipinski definition) is 0. The summed E-state index contributed by atoms with van der Waals surface area (Å²) in [5.41, 5.74) is 3.37. The van der Waals surface area contributed by atoms with E-state index in [2.05, 4.69) is 27.4 Å². The van der Waals surface area contributed by atoms with Gasteiger partial charge in [-0.25, -0.2) is 9.97 Å². The molecular weight excluding hydrogens is 494 g/mol. The molecule has 2 saturated heterocycles. The van der Waals surface area contributed by atoms with E-state index in [1.165, 1.54) is 0 Å². The number of carbonyl (C=O) groups excluding carboxylic acids is 1. The molecule has 0 aliphatic carbocycles. The van der Waals surface area contributed by atoms with Crippen LogP contribution in [0.5, 0.6) is 0 Å². The topological polar surface area (TPSA) is 97.4 Å². The van der Waals surface area contributed by atoms with Crippen molar-refractivity contribution in [3.63, 3.8) is 0 Å². The minimum absolute atomic E-state index is 0.113. The third-order valence-electron chi connectivity index (χ3n) is 8.64. The number of likely N-dealkylation sites (N-methyl/N-ethyl adjacent to an activating group) is 1. The standard InChI is InChI=1S/C28H37N9O2/c1-6-28(34(5)20(3)38)11-12-35(18-28)17-23-30-24-25(33(23)4)31-27(32-26(24)36-13-15-39-16-14-36)37-19(2)29-21-9-7-8-10-22(21)37/h7-10H,6,11-18H2,1-5H3/t28-/m0/s1. The van der Waals surface area contributed by atoms with E-state index in [1.54, 1.807) is 6.92 Å². The summed E-state index contributed by atoms with van der Waals surface area (Å²) in [7, 11) is 3.96. The fraction of sp³-hybridized carbons (Fsp3) is 0.536. The van der Waals surface area contributed by atoms with E-state index in [-0.39, 0.29) is 11.4 Å². The average molecular weight is 532 g/mol. The van der Waals surface area contributed by atoms with Crippen LogP contribution in [0.1, 0.15) is 38.3 Å². The van der Waals surface area contributed by atoms with Gasteiger partial charge in [0, 0.05) is 47.2 Å². The predicted molar refractivity (Wildman–Crippen MR) is 150 cm³/mol. The molecular formula is C28H37N9O2. The highest BCUT2D eigenvalue weighted by Gasteiger charge is 2.41. The first-order chi connectivity index (χ1) is 18.8. The number of hydrogen-bond acceptors (Lipinski definition) is 8. The number of para-hydroxylation sites is 2. The number of ether oxygens (including phenoxy) is 1. The van der Waals surface area contributed by atoms with Crippen LogP contribution in [0.25, 0.3) is 28.1 Å². The van der Waals surface area contributed by atoms with Gasteiger partial charge < -0.3 is 19.1 Å². The van der Waals surface area contributed by atoms with Crippen molar-refractivity contribution in [2.24, 2.45) is 7.05 Å². The van der Waals surface area contributed by atoms with Crippen LogP contribution in [0.2, 0.25) is 0 Å². The Morgan fingerprint density at radius 3 is 2.62 bits per heavy atom. The van der Waals surface area contributed by atoms with Crippen LogP contribution in [-0.4, -0.2) is 96.8 Å². The molecule has 2 fully saturated rings. The lowest BCUT2D eigenvalue weighted by Gasteiger charge is -2.37. The molecule has 11 heteroatoms. The van der Waals surface area contributed by atoms with Crippen molar-refractivity contribution in [3.8, 4) is 5.95 Å². The second-order valence-corrected chi connectivity index (χ2v) is 10.8. The molecule has 5 heterocycles. The summed E-state index contributed by atoms with van der Waals surface area (Å²) in [6.07, 6.45) is 1.88. The molecule has 6 rings (SSSR count). The molecule has 0 saturated carbocycles. The Bertz CT molecular complexity index is 1540. The Morgan fingerprint density at radius 2 is 1.87 bits per heavy atom. The minimum Gasteiger partial charge on any atom is -0.378 e. The molecule has 1 atom stereocenters. The highest BCUT2D eigenvalue weighted by molar-refractivity contribution is 5.86. The lowest BCUT2D eigenvalue weighted by atomic mass is 9.93. The van der Waals surface area contributed by atoms with Gasteiger partial charge in [0.2, 0.25) is 11.9 Å². The summed E-state index contributed by atoms with van der Waals surface area (Å²) in [5.74, 6) is 3.32. The minimum atomic E-state index is -0.137. The number of aromatic nitrogens is 6. The Hall–Kier alpha value is -3.57. The summed E-state index contributed by atoms with van der Waals surface area (Å²) >= 11 is 0. The normalized spacial score (nSPS) is 20.4. The van der Waals surface area contributed by atoms with Gasteiger partial charge in [-0.1, -0.05) is 19.1 Å². The predicted octanol–water partition coefficient (Wildman–Crippen LogP) is 2.68. The van der Waals surface area contributed by atoms with Crippen LogP contribution in [0.4, 0.5) is 5.82 Å². The molecule has 2 aliphatic rings. The third-order valence-corrected chi connectivity index (χ3v) is 8.64. The first-order valence-corrected chi connectivity index (χ1v) is 13.8. The Balaban J connectivity index is 1.42. The molecule has 206 valence electrons. The zero-order valence-corrected chi connectivity index (χ0v) is 23.5. The van der Waals surface area contributed by atoms with Crippen LogP contribution < -0.4 is 4.90 Å². The number of carbonyl (C=O) groups is 1. The molecule has 0 N–H and O–H groups in total. The SMILES string of the molecule is CC[C@]1(N(C)C(C)=O)CCN(Cc2nc3c(N4CCOCC4)nc(-n4c(C)nc5ccccc54)nc3n2C)C1. The van der Waals surface area contributed by atoms with Crippen molar-refractivity contribution >= 4 is 33.9 Å². The molecule has 0 radical (unpaired) electrons. The fourth-order valence-corrected chi connectivity index (χ4v) is 6.13. The third kappa shape index (κ3) is 4.33. The van der Waals surface area contributed by atoms with Crippen molar-refractivity contribution in [2.45, 2.75) is 45.7 Å². The van der Waals surface area contributed by atoms with Gasteiger partial charge in [0.1, 0.15) is 11.6 Å². The Morgan fingerprint density at radius 1 is 1.10 bits per heavy atom. The van der Waals surface area contributed by atoms with Gasteiger partial charge in [0.15, 0.2) is 17.0 Å². The lowest BCUT2D eigenvalue weighted by molar-refractivity contribution is -0.133. The van der Waals surface area contributed by atoms with Crippen molar-refractivity contribution in [2.75, 3.05) is 51.3 Å². The van der Waals surface area contributed by atoms with E-state index in [0.29, 0.717) is 25.7 Å². The summed E-state index contributed by atoms with van der Waals surface area (Å²) < 4.78 is 9.76. The Kier molecular flexibility index (Phi) is 6.50. The van der Waals surface area contributed by atoms with Gasteiger partial charge in [-0.2, -0.15) is 9.97 Å². The average Bonchev–Trinajstić information content (AvgIpc) is 3.61. The van der Waals surface area contributed by atoms with E-state index < -0.39 is 0 Å². The van der Waals surface area contributed by atoms with Crippen molar-refractivity contribution in [1.29, 1.82) is 0 Å². The summed E-state index contributed by atoms with van der Waals surface area (Å²) in [5, 5.41) is 0. The van der Waals surface area contributed by atoms with Crippen LogP contribution in [0, 0.1) is 6.92 Å². The number of aryl methyl sites for hydroxylation is 2. The number of fused-ring (bicyclic) bond motifs is 2. The van der Waals surface area contributed by atoms with E-state index >= 15 is 0 Å². The second kappa shape index (κ2) is 9.87. The molecule has 3 aromatic heterocycles. The summed E-state index contributed by atoms with van der Waals surface area (Å²) in [6.45, 7) is 11.1. The van der Waals surface area contributed by atoms with E-state index in [0.717, 1.165) is 78.7 Å². The van der Waals surface area contributed by atoms with Crippen LogP contribution in [-0.2, 0) is 23.1 Å². The van der Waals surface area contributed by atoms with Crippen molar-refractivity contribution in [3.05, 3.63) is 35.9 Å². The maximum absolute atomic E-state index is 12.2. The number of imidazole rings is 2. The van der Waals surface area contributed by atoms with Gasteiger partial charge in [-0.3, -0.25) is 14.3 Å². The molecule has 0 spiro atoms. The maximum Gasteiger partial charge on any atom is 0.239 e. The van der Waals surface area contributed by atoms with Crippen LogP contribution in [0.3, 0.4) is 0 Å². The van der Waals surface area contributed by atoms with Gasteiger partial charge in [-0.05, 0) is 31.9 Å². The Labute approximate surface area is 228 Å². The number of rotatable bonds is 6. The smallest absolute Gasteiger partial charge is 0.239 e. The molecule has 0 unspecified atom stereocenters. The zero-order chi connectivity index (χ0) is 27.3. The van der Waals surface area contributed by atoms with E-state index in [9.17, 15) is 4.79 Å². The number of anilines is 1. The molecule has 1 amide bonds. The molecule has 11 nitrogen and oxygen atoms in total. The van der Waals surface area contributed by atoms with Gasteiger partial charge in [0.25, 0.3) is 0 Å². The number of benzene rings is 1. The van der Waals surface area contributed by atoms with E-state index in [1.807, 2.05) is 48.7 Å². The molecule has 2 aliphatic heterocycles. The first kappa shape index (κ1) is 25.7. The van der Waals surface area contributed by atoms with Crippen molar-refractivity contribution in [1.82, 2.24) is 38.9 Å². The number of morpholine rings is 1. The van der Waals surface area contributed by atoms with Crippen LogP contribution >= 0.6 is 0 Å². The van der Waals surface area contributed by atoms with E-state index in [4.69, 9.17) is 24.7 Å². The molecule has 4 aromatic rings. The van der Waals surface area contributed by atoms with Gasteiger partial charge >= 0.3 is 0 Å². The monoisotopic (exact) mass is 531 g/mol. The number of nitrogens with zero attached hydrogens (tertiary/aromatic N) is 9. The molecule has 0 bridgehead atoms. The van der Waals surface area contributed by atoms with Crippen molar-refractivity contribution < 1.29 is 9.53 Å². The summed E-state index contributed by atoms with van der Waals surface area (Å²) in [4.78, 5) is 38.8. The highest BCUT2D eigenvalue weighted by atomic mass is 16.5. The molecule has 1 aromatic carbocycles. The van der Waals surface area contributed by atoms with Gasteiger partial charge in [-0.15, -0.1) is 0 Å². The van der Waals surface area contributed by atoms with Gasteiger partial charge in [0.05, 0.1) is 36.3 Å². The number of likely N-dealkylation sites (tertiary alicyclic amines) is 1. The fourth-order valence-electron chi connectivity index (χ4n) is 6.13. The lowest BCUT2D eigenvalue weighted by Crippen LogP contribution is -2.50. The summed E-state index contributed by atoms with van der Waals surface area (Å²) in [6, 6.07) is 8.07. The number of amides is 1. The quantitative estimate of drug-likeness (QED) is 0.375. The molecule has 39 heavy (non-hydrogen) atoms. The first-order valence-electron chi connectivity index (χ1n) is 13.8.